The average molecular weight is 341 g/mol. The Kier molecular flexibility index (Phi) is 4.02. The molecule has 1 saturated carbocycles. The zero-order chi connectivity index (χ0) is 18.1. The minimum atomic E-state index is 0.0255. The summed E-state index contributed by atoms with van der Waals surface area (Å²) < 4.78 is 1.47. The van der Waals surface area contributed by atoms with Gasteiger partial charge in [-0.2, -0.15) is 4.98 Å². The van der Waals surface area contributed by atoms with Crippen LogP contribution in [-0.2, 0) is 0 Å². The molecular formula is C21H19N5. The summed E-state index contributed by atoms with van der Waals surface area (Å²) in [7, 11) is 1.94. The fourth-order valence-corrected chi connectivity index (χ4v) is 2.90. The zero-order valence-electron chi connectivity index (χ0n) is 14.5. The van der Waals surface area contributed by atoms with Gasteiger partial charge >= 0.3 is 0 Å². The van der Waals surface area contributed by atoms with Crippen molar-refractivity contribution in [3.05, 3.63) is 59.7 Å². The van der Waals surface area contributed by atoms with Crippen LogP contribution in [0.4, 0.5) is 11.5 Å². The van der Waals surface area contributed by atoms with Crippen molar-refractivity contribution in [2.24, 2.45) is 5.92 Å². The Hall–Kier alpha value is -3.39. The number of nitrogens with one attached hydrogen (secondary N) is 2. The third-order valence-corrected chi connectivity index (χ3v) is 4.53. The molecule has 2 aromatic carbocycles. The number of anilines is 2. The van der Waals surface area contributed by atoms with E-state index in [-0.39, 0.29) is 5.62 Å². The van der Waals surface area contributed by atoms with E-state index in [1.54, 1.807) is 0 Å². The first kappa shape index (κ1) is 16.1. The van der Waals surface area contributed by atoms with Gasteiger partial charge in [0.2, 0.25) is 5.62 Å². The molecule has 0 amide bonds. The Morgan fingerprint density at radius 2 is 1.96 bits per heavy atom. The van der Waals surface area contributed by atoms with E-state index in [0.29, 0.717) is 11.7 Å². The quantitative estimate of drug-likeness (QED) is 0.435. The molecule has 2 N–H and O–H groups in total. The molecule has 3 aromatic rings. The van der Waals surface area contributed by atoms with Crippen molar-refractivity contribution in [2.45, 2.75) is 12.8 Å². The van der Waals surface area contributed by atoms with Crippen molar-refractivity contribution < 1.29 is 0 Å². The summed E-state index contributed by atoms with van der Waals surface area (Å²) in [5.41, 5.74) is 2.68. The van der Waals surface area contributed by atoms with Crippen LogP contribution in [0.3, 0.4) is 0 Å². The van der Waals surface area contributed by atoms with E-state index in [1.165, 1.54) is 17.4 Å². The predicted octanol–water partition coefficient (Wildman–Crippen LogP) is 3.50. The van der Waals surface area contributed by atoms with Crippen LogP contribution in [0.2, 0.25) is 0 Å². The van der Waals surface area contributed by atoms with Gasteiger partial charge in [0.15, 0.2) is 0 Å². The molecule has 0 unspecified atom stereocenters. The molecule has 0 radical (unpaired) electrons. The van der Waals surface area contributed by atoms with E-state index in [0.717, 1.165) is 28.5 Å². The van der Waals surface area contributed by atoms with Crippen molar-refractivity contribution in [1.82, 2.24) is 9.55 Å². The van der Waals surface area contributed by atoms with Gasteiger partial charge in [0, 0.05) is 29.6 Å². The second-order valence-corrected chi connectivity index (χ2v) is 6.43. The largest absolute Gasteiger partial charge is 0.329 e. The molecule has 0 aliphatic heterocycles. The molecule has 128 valence electrons. The van der Waals surface area contributed by atoms with Crippen LogP contribution >= 0.6 is 0 Å². The molecule has 0 bridgehead atoms. The lowest BCUT2D eigenvalue weighted by Crippen LogP contribution is -2.26. The minimum absolute atomic E-state index is 0.0255. The lowest BCUT2D eigenvalue weighted by Gasteiger charge is -2.21. The summed E-state index contributed by atoms with van der Waals surface area (Å²) in [5, 5.41) is 16.8. The first-order valence-electron chi connectivity index (χ1n) is 8.59. The highest BCUT2D eigenvalue weighted by molar-refractivity contribution is 5.94. The summed E-state index contributed by atoms with van der Waals surface area (Å²) in [6.45, 7) is 0. The molecule has 26 heavy (non-hydrogen) atoms. The molecule has 1 fully saturated rings. The molecule has 5 nitrogen and oxygen atoms in total. The molecule has 1 aliphatic carbocycles. The van der Waals surface area contributed by atoms with E-state index in [4.69, 9.17) is 10.8 Å². The molecular weight excluding hydrogens is 322 g/mol. The number of hydrogen-bond acceptors (Lipinski definition) is 4. The first-order chi connectivity index (χ1) is 12.7. The third kappa shape index (κ3) is 2.98. The van der Waals surface area contributed by atoms with Crippen LogP contribution in [0, 0.1) is 28.6 Å². The first-order valence-corrected chi connectivity index (χ1v) is 8.59. The third-order valence-electron chi connectivity index (χ3n) is 4.53. The summed E-state index contributed by atoms with van der Waals surface area (Å²) in [6, 6.07) is 15.8. The van der Waals surface area contributed by atoms with Crippen molar-refractivity contribution >= 4 is 28.7 Å². The molecule has 1 aromatic heterocycles. The van der Waals surface area contributed by atoms with Gasteiger partial charge < -0.3 is 4.90 Å². The second kappa shape index (κ2) is 6.49. The number of aromatic nitrogens is 2. The van der Waals surface area contributed by atoms with E-state index in [1.807, 2.05) is 60.5 Å². The summed E-state index contributed by atoms with van der Waals surface area (Å²) in [4.78, 5) is 6.39. The van der Waals surface area contributed by atoms with Gasteiger partial charge in [0.1, 0.15) is 5.82 Å². The van der Waals surface area contributed by atoms with Gasteiger partial charge in [0.25, 0.3) is 0 Å². The fourth-order valence-electron chi connectivity index (χ4n) is 2.90. The van der Waals surface area contributed by atoms with E-state index >= 15 is 0 Å². The van der Waals surface area contributed by atoms with E-state index < -0.39 is 0 Å². The standard InChI is InChI=1S/C21H19N5/c1-25(17-5-3-2-4-6-17)20-18-12-11-16(10-9-15-7-8-15)13-19(18)26(14-22)21(23)24-20/h2-6,11-15,22-23H,7-8H2,1H3. The Labute approximate surface area is 151 Å². The number of benzene rings is 2. The van der Waals surface area contributed by atoms with Crippen LogP contribution in [0.1, 0.15) is 18.4 Å². The SMILES string of the molecule is CN(c1ccccc1)c1nc(=N)n(C=N)c2cc(C#CC3CC3)ccc12. The van der Waals surface area contributed by atoms with Gasteiger partial charge in [-0.05, 0) is 43.2 Å². The number of para-hydroxylation sites is 1. The molecule has 0 spiro atoms. The average Bonchev–Trinajstić information content (AvgIpc) is 3.50. The maximum absolute atomic E-state index is 8.24. The molecule has 5 heteroatoms. The Morgan fingerprint density at radius 1 is 1.19 bits per heavy atom. The minimum Gasteiger partial charge on any atom is -0.329 e. The highest BCUT2D eigenvalue weighted by Gasteiger charge is 2.18. The van der Waals surface area contributed by atoms with Gasteiger partial charge in [-0.1, -0.05) is 30.0 Å². The topological polar surface area (TPSA) is 68.8 Å². The van der Waals surface area contributed by atoms with E-state index in [9.17, 15) is 0 Å². The molecule has 0 saturated heterocycles. The summed E-state index contributed by atoms with van der Waals surface area (Å²) in [5.74, 6) is 7.70. The number of fused-ring (bicyclic) bond motifs is 1. The zero-order valence-corrected chi connectivity index (χ0v) is 14.5. The normalized spacial score (nSPS) is 13.1. The van der Waals surface area contributed by atoms with Crippen molar-refractivity contribution in [3.63, 3.8) is 0 Å². The van der Waals surface area contributed by atoms with Crippen LogP contribution in [0.5, 0.6) is 0 Å². The van der Waals surface area contributed by atoms with E-state index in [2.05, 4.69) is 16.8 Å². The number of hydrogen-bond donors (Lipinski definition) is 2. The maximum atomic E-state index is 8.24. The molecule has 1 aliphatic rings. The Balaban J connectivity index is 1.90. The predicted molar refractivity (Wildman–Crippen MR) is 104 cm³/mol. The van der Waals surface area contributed by atoms with Crippen LogP contribution in [0.15, 0.2) is 48.5 Å². The van der Waals surface area contributed by atoms with Crippen molar-refractivity contribution in [1.29, 1.82) is 10.8 Å². The Morgan fingerprint density at radius 3 is 2.65 bits per heavy atom. The van der Waals surface area contributed by atoms with Gasteiger partial charge in [-0.15, -0.1) is 0 Å². The second-order valence-electron chi connectivity index (χ2n) is 6.43. The van der Waals surface area contributed by atoms with Crippen molar-refractivity contribution in [2.75, 3.05) is 11.9 Å². The Bertz CT molecular complexity index is 1100. The summed E-state index contributed by atoms with van der Waals surface area (Å²) in [6.07, 6.45) is 3.50. The molecule has 1 heterocycles. The number of nitrogens with zero attached hydrogens (tertiary/aromatic N) is 3. The molecule has 4 rings (SSSR count). The van der Waals surface area contributed by atoms with Gasteiger partial charge in [0.05, 0.1) is 11.9 Å². The highest BCUT2D eigenvalue weighted by atomic mass is 15.2. The smallest absolute Gasteiger partial charge is 0.229 e. The van der Waals surface area contributed by atoms with Crippen LogP contribution in [0.25, 0.3) is 10.9 Å². The number of rotatable bonds is 3. The highest BCUT2D eigenvalue weighted by Crippen LogP contribution is 2.29. The monoisotopic (exact) mass is 341 g/mol. The van der Waals surface area contributed by atoms with Gasteiger partial charge in [-0.3, -0.25) is 15.4 Å². The fraction of sp³-hybridized carbons (Fsp3) is 0.190. The van der Waals surface area contributed by atoms with Crippen molar-refractivity contribution in [3.8, 4) is 11.8 Å². The van der Waals surface area contributed by atoms with Crippen LogP contribution < -0.4 is 10.5 Å². The van der Waals surface area contributed by atoms with Gasteiger partial charge in [-0.25, -0.2) is 0 Å². The maximum Gasteiger partial charge on any atom is 0.229 e. The van der Waals surface area contributed by atoms with Crippen LogP contribution in [-0.4, -0.2) is 22.9 Å². The lowest BCUT2D eigenvalue weighted by atomic mass is 10.1. The summed E-state index contributed by atoms with van der Waals surface area (Å²) >= 11 is 0. The lowest BCUT2D eigenvalue weighted by molar-refractivity contribution is 0.915. The molecule has 0 atom stereocenters.